The minimum atomic E-state index is -7.21. The van der Waals surface area contributed by atoms with E-state index in [-0.39, 0.29) is 0 Å². The summed E-state index contributed by atoms with van der Waals surface area (Å²) in [6.07, 6.45) is -0.655. The van der Waals surface area contributed by atoms with E-state index in [0.29, 0.717) is 6.73 Å². The number of methoxy groups -OCH3 is 1. The summed E-state index contributed by atoms with van der Waals surface area (Å²) in [7, 11) is 3.66. The van der Waals surface area contributed by atoms with Gasteiger partial charge in [-0.2, -0.15) is 13.2 Å². The molecule has 12 heteroatoms. The third kappa shape index (κ3) is 4.98. The van der Waals surface area contributed by atoms with Gasteiger partial charge in [0.05, 0.1) is 7.05 Å². The van der Waals surface area contributed by atoms with Gasteiger partial charge in [-0.15, -0.1) is 0 Å². The Morgan fingerprint density at radius 3 is 1.85 bits per heavy atom. The zero-order chi connectivity index (χ0) is 16.2. The van der Waals surface area contributed by atoms with E-state index in [1.54, 1.807) is 7.11 Å². The SMILES string of the molecule is COCn1cc[n+](C)c1.F[B-](F)(F)C(F)(F)C(F)(F)F. The van der Waals surface area contributed by atoms with Crippen molar-refractivity contribution in [3.8, 4) is 0 Å². The van der Waals surface area contributed by atoms with Crippen LogP contribution >= 0.6 is 0 Å². The van der Waals surface area contributed by atoms with Crippen molar-refractivity contribution in [2.45, 2.75) is 18.7 Å². The van der Waals surface area contributed by atoms with Gasteiger partial charge in [0.1, 0.15) is 12.4 Å². The molecule has 0 amide bonds. The molecular weight excluding hydrogens is 303 g/mol. The lowest BCUT2D eigenvalue weighted by atomic mass is 9.80. The number of ether oxygens (including phenoxy) is 1. The van der Waals surface area contributed by atoms with Crippen molar-refractivity contribution in [2.24, 2.45) is 7.05 Å². The summed E-state index contributed by atoms with van der Waals surface area (Å²) in [6, 6.07) is 0. The van der Waals surface area contributed by atoms with Crippen molar-refractivity contribution in [3.63, 3.8) is 0 Å². The van der Waals surface area contributed by atoms with Crippen molar-refractivity contribution in [1.82, 2.24) is 4.57 Å². The number of aryl methyl sites for hydroxylation is 1. The van der Waals surface area contributed by atoms with Gasteiger partial charge in [0, 0.05) is 7.11 Å². The first-order valence-electron chi connectivity index (χ1n) is 4.96. The van der Waals surface area contributed by atoms with Crippen molar-refractivity contribution < 1.29 is 44.2 Å². The first-order valence-corrected chi connectivity index (χ1v) is 4.96. The van der Waals surface area contributed by atoms with Crippen LogP contribution in [0.25, 0.3) is 0 Å². The standard InChI is InChI=1S/C6H11N2O.C2BF8/c1-7-3-4-8(5-7)6-9-2;4-1(5,2(6,7)8)3(9,10)11/h3-5H,6H2,1-2H3;/q+1;-1. The smallest absolute Gasteiger partial charge is 0.445 e. The largest absolute Gasteiger partial charge is 0.558 e. The first kappa shape index (κ1) is 18.7. The Morgan fingerprint density at radius 1 is 1.15 bits per heavy atom. The first-order chi connectivity index (χ1) is 8.83. The highest BCUT2D eigenvalue weighted by Gasteiger charge is 2.69. The molecule has 0 fully saturated rings. The van der Waals surface area contributed by atoms with Crippen LogP contribution in [0.5, 0.6) is 0 Å². The van der Waals surface area contributed by atoms with E-state index >= 15 is 0 Å². The Kier molecular flexibility index (Phi) is 5.99. The Bertz CT molecular complexity index is 397. The van der Waals surface area contributed by atoms with Gasteiger partial charge in [-0.25, -0.2) is 17.9 Å². The van der Waals surface area contributed by atoms with Gasteiger partial charge in [-0.1, -0.05) is 0 Å². The summed E-state index contributed by atoms with van der Waals surface area (Å²) in [5.74, 6) is -6.56. The average molecular weight is 314 g/mol. The molecule has 0 unspecified atom stereocenters. The summed E-state index contributed by atoms with van der Waals surface area (Å²) in [5.41, 5.74) is 0. The van der Waals surface area contributed by atoms with Crippen molar-refractivity contribution in [3.05, 3.63) is 18.7 Å². The zero-order valence-electron chi connectivity index (χ0n) is 10.3. The van der Waals surface area contributed by atoms with Gasteiger partial charge in [-0.05, 0) is 0 Å². The van der Waals surface area contributed by atoms with Crippen LogP contribution in [0.2, 0.25) is 0 Å². The number of nitrogens with zero attached hydrogens (tertiary/aromatic N) is 2. The molecule has 3 nitrogen and oxygen atoms in total. The minimum Gasteiger partial charge on any atom is -0.445 e. The number of rotatable bonds is 3. The van der Waals surface area contributed by atoms with E-state index in [4.69, 9.17) is 4.74 Å². The maximum absolute atomic E-state index is 11.2. The number of halogens is 8. The predicted octanol–water partition coefficient (Wildman–Crippen LogP) is 2.49. The van der Waals surface area contributed by atoms with E-state index in [2.05, 4.69) is 0 Å². The lowest BCUT2D eigenvalue weighted by molar-refractivity contribution is -0.671. The lowest BCUT2D eigenvalue weighted by Crippen LogP contribution is -2.53. The van der Waals surface area contributed by atoms with Crippen LogP contribution in [0.1, 0.15) is 0 Å². The van der Waals surface area contributed by atoms with Crippen LogP contribution in [0, 0.1) is 0 Å². The van der Waals surface area contributed by atoms with Gasteiger partial charge in [0.25, 0.3) is 0 Å². The summed E-state index contributed by atoms with van der Waals surface area (Å²) >= 11 is 0. The molecule has 20 heavy (non-hydrogen) atoms. The fourth-order valence-corrected chi connectivity index (χ4v) is 0.913. The predicted molar refractivity (Wildman–Crippen MR) is 52.7 cm³/mol. The van der Waals surface area contributed by atoms with Gasteiger partial charge >= 0.3 is 19.0 Å². The normalized spacial score (nSPS) is 12.9. The average Bonchev–Trinajstić information content (AvgIpc) is 2.62. The number of hydrogen-bond donors (Lipinski definition) is 0. The molecule has 0 N–H and O–H groups in total. The minimum absolute atomic E-state index is 0.626. The fourth-order valence-electron chi connectivity index (χ4n) is 0.913. The monoisotopic (exact) mass is 314 g/mol. The second-order valence-electron chi connectivity index (χ2n) is 3.71. The van der Waals surface area contributed by atoms with E-state index < -0.39 is 19.0 Å². The van der Waals surface area contributed by atoms with Crippen molar-refractivity contribution >= 4 is 6.98 Å². The third-order valence-electron chi connectivity index (χ3n) is 1.89. The van der Waals surface area contributed by atoms with E-state index in [9.17, 15) is 34.9 Å². The molecule has 0 aromatic carbocycles. The Morgan fingerprint density at radius 2 is 1.65 bits per heavy atom. The van der Waals surface area contributed by atoms with Crippen molar-refractivity contribution in [2.75, 3.05) is 7.11 Å². The molecule has 1 aromatic rings. The molecule has 0 saturated heterocycles. The molecular formula is C8H11BF8N2O. The summed E-state index contributed by atoms with van der Waals surface area (Å²) in [4.78, 5) is 0. The molecule has 0 bridgehead atoms. The van der Waals surface area contributed by atoms with Gasteiger partial charge in [-0.3, -0.25) is 0 Å². The van der Waals surface area contributed by atoms with Crippen LogP contribution in [0.4, 0.5) is 34.9 Å². The van der Waals surface area contributed by atoms with Crippen LogP contribution in [-0.2, 0) is 18.5 Å². The second kappa shape index (κ2) is 6.42. The number of hydrogen-bond acceptors (Lipinski definition) is 1. The molecule has 0 atom stereocenters. The fraction of sp³-hybridized carbons (Fsp3) is 0.625. The van der Waals surface area contributed by atoms with Crippen molar-refractivity contribution in [1.29, 1.82) is 0 Å². The molecule has 1 heterocycles. The Balaban J connectivity index is 0.000000367. The summed E-state index contributed by atoms with van der Waals surface area (Å²) < 4.78 is 96.6. The highest BCUT2D eigenvalue weighted by atomic mass is 19.4. The van der Waals surface area contributed by atoms with Crippen LogP contribution in [-0.4, -0.2) is 30.7 Å². The van der Waals surface area contributed by atoms with E-state index in [1.807, 2.05) is 34.9 Å². The molecule has 0 aliphatic heterocycles. The molecule has 0 aliphatic rings. The van der Waals surface area contributed by atoms with Gasteiger partial charge in [0.2, 0.25) is 6.33 Å². The quantitative estimate of drug-likeness (QED) is 0.476. The van der Waals surface area contributed by atoms with Crippen LogP contribution in [0.3, 0.4) is 0 Å². The maximum Gasteiger partial charge on any atom is 0.558 e. The lowest BCUT2D eigenvalue weighted by Gasteiger charge is -2.28. The summed E-state index contributed by atoms with van der Waals surface area (Å²) in [5, 5.41) is 0. The highest BCUT2D eigenvalue weighted by molar-refractivity contribution is 6.61. The molecule has 1 rings (SSSR count). The molecule has 0 aliphatic carbocycles. The summed E-state index contributed by atoms with van der Waals surface area (Å²) in [6.45, 7) is -6.58. The zero-order valence-corrected chi connectivity index (χ0v) is 10.3. The number of imidazole rings is 1. The van der Waals surface area contributed by atoms with E-state index in [1.165, 1.54) is 0 Å². The number of aromatic nitrogens is 2. The third-order valence-corrected chi connectivity index (χ3v) is 1.89. The van der Waals surface area contributed by atoms with Gasteiger partial charge < -0.3 is 17.7 Å². The Labute approximate surface area is 108 Å². The van der Waals surface area contributed by atoms with Gasteiger partial charge in [0.15, 0.2) is 6.73 Å². The molecule has 1 aromatic heterocycles. The second-order valence-corrected chi connectivity index (χ2v) is 3.71. The molecule has 0 saturated carbocycles. The maximum atomic E-state index is 11.2. The Hall–Kier alpha value is -1.33. The van der Waals surface area contributed by atoms with Crippen LogP contribution < -0.4 is 4.57 Å². The molecule has 0 spiro atoms. The van der Waals surface area contributed by atoms with E-state index in [0.717, 1.165) is 0 Å². The highest BCUT2D eigenvalue weighted by Crippen LogP contribution is 2.43. The molecule has 0 radical (unpaired) electrons. The molecule has 118 valence electrons. The van der Waals surface area contributed by atoms with Crippen LogP contribution in [0.15, 0.2) is 18.7 Å². The number of alkyl halides is 5. The topological polar surface area (TPSA) is 18.0 Å².